The summed E-state index contributed by atoms with van der Waals surface area (Å²) in [5, 5.41) is 8.89. The molecule has 134 valence electrons. The van der Waals surface area contributed by atoms with Gasteiger partial charge in [-0.2, -0.15) is 18.4 Å². The zero-order chi connectivity index (χ0) is 18.2. The summed E-state index contributed by atoms with van der Waals surface area (Å²) < 4.78 is 66.7. The van der Waals surface area contributed by atoms with E-state index in [2.05, 4.69) is 0 Å². The molecule has 0 spiro atoms. The van der Waals surface area contributed by atoms with Crippen molar-refractivity contribution in [3.63, 3.8) is 0 Å². The van der Waals surface area contributed by atoms with Gasteiger partial charge in [-0.3, -0.25) is 4.31 Å². The predicted octanol–water partition coefficient (Wildman–Crippen LogP) is 2.43. The lowest BCUT2D eigenvalue weighted by atomic mass is 9.84. The number of anilines is 1. The van der Waals surface area contributed by atoms with Crippen LogP contribution in [0.1, 0.15) is 30.4 Å². The van der Waals surface area contributed by atoms with Gasteiger partial charge >= 0.3 is 6.18 Å². The minimum Gasteiger partial charge on any atom is -0.310 e. The minimum absolute atomic E-state index is 0.0787. The standard InChI is InChI=1S/C16H16F3N3O2S/c17-16(18,19)13-6-12(4-2-10(13)7-20)22-8-14-9-1-3-11(5-9)15(14,21)25(22,23)24/h2,4,6,9,11,14H,1,3,5,8,21H2/t9-,11+,14-,15?/m0/s1. The van der Waals surface area contributed by atoms with Gasteiger partial charge in [0.15, 0.2) is 0 Å². The fraction of sp³-hybridized carbons (Fsp3) is 0.562. The summed E-state index contributed by atoms with van der Waals surface area (Å²) >= 11 is 0. The normalized spacial score (nSPS) is 35.6. The molecule has 0 aromatic heterocycles. The second kappa shape index (κ2) is 4.89. The van der Waals surface area contributed by atoms with E-state index in [4.69, 9.17) is 11.0 Å². The Morgan fingerprint density at radius 3 is 2.64 bits per heavy atom. The maximum absolute atomic E-state index is 13.2. The molecule has 2 saturated carbocycles. The monoisotopic (exact) mass is 371 g/mol. The SMILES string of the molecule is N#Cc1ccc(N2C[C@H]3[C@H]4CC[C@H](C4)C3(N)S2(=O)=O)cc1C(F)(F)F. The third-order valence-electron chi connectivity index (χ3n) is 6.08. The molecule has 9 heteroatoms. The second-order valence-corrected chi connectivity index (χ2v) is 9.20. The van der Waals surface area contributed by atoms with E-state index >= 15 is 0 Å². The molecule has 1 saturated heterocycles. The molecule has 0 amide bonds. The molecule has 2 bridgehead atoms. The third kappa shape index (κ3) is 2.01. The van der Waals surface area contributed by atoms with Crippen LogP contribution in [0.25, 0.3) is 0 Å². The van der Waals surface area contributed by atoms with E-state index in [1.807, 2.05) is 0 Å². The first kappa shape index (κ1) is 16.7. The molecule has 1 aromatic rings. The Hall–Kier alpha value is -1.79. The van der Waals surface area contributed by atoms with Gasteiger partial charge in [0, 0.05) is 12.5 Å². The first-order valence-electron chi connectivity index (χ1n) is 8.03. The minimum atomic E-state index is -4.74. The number of rotatable bonds is 1. The number of hydrogen-bond donors (Lipinski definition) is 1. The van der Waals surface area contributed by atoms with E-state index in [0.29, 0.717) is 0 Å². The number of halogens is 3. The van der Waals surface area contributed by atoms with Crippen molar-refractivity contribution >= 4 is 15.7 Å². The highest BCUT2D eigenvalue weighted by Crippen LogP contribution is 2.60. The van der Waals surface area contributed by atoms with Crippen molar-refractivity contribution in [1.29, 1.82) is 5.26 Å². The maximum atomic E-state index is 13.2. The van der Waals surface area contributed by atoms with E-state index in [-0.39, 0.29) is 30.0 Å². The first-order valence-corrected chi connectivity index (χ1v) is 9.47. The lowest BCUT2D eigenvalue weighted by Crippen LogP contribution is -2.55. The highest BCUT2D eigenvalue weighted by atomic mass is 32.2. The average Bonchev–Trinajstić information content (AvgIpc) is 3.17. The number of fused-ring (bicyclic) bond motifs is 5. The van der Waals surface area contributed by atoms with Crippen LogP contribution in [0.3, 0.4) is 0 Å². The van der Waals surface area contributed by atoms with Crippen molar-refractivity contribution < 1.29 is 21.6 Å². The summed E-state index contributed by atoms with van der Waals surface area (Å²) in [7, 11) is -3.97. The predicted molar refractivity (Wildman–Crippen MR) is 83.7 cm³/mol. The van der Waals surface area contributed by atoms with Crippen LogP contribution >= 0.6 is 0 Å². The molecule has 3 fully saturated rings. The molecular formula is C16H16F3N3O2S. The number of hydrogen-bond acceptors (Lipinski definition) is 4. The Morgan fingerprint density at radius 1 is 1.32 bits per heavy atom. The van der Waals surface area contributed by atoms with Gasteiger partial charge in [0.2, 0.25) is 0 Å². The Bertz CT molecular complexity index is 893. The smallest absolute Gasteiger partial charge is 0.310 e. The largest absolute Gasteiger partial charge is 0.417 e. The van der Waals surface area contributed by atoms with E-state index in [0.717, 1.165) is 35.7 Å². The molecule has 1 aromatic carbocycles. The van der Waals surface area contributed by atoms with Crippen molar-refractivity contribution in [1.82, 2.24) is 0 Å². The van der Waals surface area contributed by atoms with Gasteiger partial charge in [-0.25, -0.2) is 8.42 Å². The van der Waals surface area contributed by atoms with Crippen LogP contribution < -0.4 is 10.0 Å². The molecular weight excluding hydrogens is 355 g/mol. The van der Waals surface area contributed by atoms with Crippen LogP contribution in [0.5, 0.6) is 0 Å². The molecule has 1 heterocycles. The average molecular weight is 371 g/mol. The van der Waals surface area contributed by atoms with Gasteiger partial charge in [0.25, 0.3) is 10.0 Å². The molecule has 2 N–H and O–H groups in total. The van der Waals surface area contributed by atoms with E-state index in [1.54, 1.807) is 0 Å². The molecule has 5 nitrogen and oxygen atoms in total. The number of benzene rings is 1. The number of nitrogens with zero attached hydrogens (tertiary/aromatic N) is 2. The number of nitriles is 1. The molecule has 1 unspecified atom stereocenters. The van der Waals surface area contributed by atoms with Crippen LogP contribution in [0.4, 0.5) is 18.9 Å². The fourth-order valence-electron chi connectivity index (χ4n) is 4.89. The van der Waals surface area contributed by atoms with Gasteiger partial charge in [-0.1, -0.05) is 0 Å². The van der Waals surface area contributed by atoms with Gasteiger partial charge in [0.05, 0.1) is 22.9 Å². The van der Waals surface area contributed by atoms with Crippen LogP contribution in [0.15, 0.2) is 18.2 Å². The van der Waals surface area contributed by atoms with Gasteiger partial charge in [-0.15, -0.1) is 0 Å². The molecule has 1 aliphatic heterocycles. The van der Waals surface area contributed by atoms with Crippen molar-refractivity contribution in [2.45, 2.75) is 30.3 Å². The van der Waals surface area contributed by atoms with E-state index < -0.39 is 32.2 Å². The summed E-state index contributed by atoms with van der Waals surface area (Å²) in [5.41, 5.74) is 4.59. The Morgan fingerprint density at radius 2 is 2.04 bits per heavy atom. The van der Waals surface area contributed by atoms with Crippen LogP contribution in [-0.2, 0) is 16.2 Å². The van der Waals surface area contributed by atoms with Gasteiger partial charge in [0.1, 0.15) is 4.87 Å². The number of alkyl halides is 3. The van der Waals surface area contributed by atoms with Crippen molar-refractivity contribution in [2.24, 2.45) is 23.5 Å². The van der Waals surface area contributed by atoms with Crippen molar-refractivity contribution in [3.05, 3.63) is 29.3 Å². The third-order valence-corrected chi connectivity index (χ3v) is 8.55. The highest BCUT2D eigenvalue weighted by molar-refractivity contribution is 7.94. The molecule has 4 rings (SSSR count). The summed E-state index contributed by atoms with van der Waals surface area (Å²) in [5.74, 6) is -0.200. The summed E-state index contributed by atoms with van der Waals surface area (Å²) in [4.78, 5) is -1.39. The quantitative estimate of drug-likeness (QED) is 0.821. The molecule has 25 heavy (non-hydrogen) atoms. The maximum Gasteiger partial charge on any atom is 0.417 e. The van der Waals surface area contributed by atoms with Gasteiger partial charge < -0.3 is 5.73 Å². The van der Waals surface area contributed by atoms with Crippen LogP contribution in [0.2, 0.25) is 0 Å². The Kier molecular flexibility index (Phi) is 3.26. The Balaban J connectivity index is 1.81. The second-order valence-electron chi connectivity index (χ2n) is 7.11. The zero-order valence-corrected chi connectivity index (χ0v) is 13.9. The fourth-order valence-corrected chi connectivity index (χ4v) is 7.30. The van der Waals surface area contributed by atoms with Crippen LogP contribution in [-0.4, -0.2) is 19.8 Å². The molecule has 0 radical (unpaired) electrons. The first-order chi connectivity index (χ1) is 11.6. The summed E-state index contributed by atoms with van der Waals surface area (Å²) in [6, 6.07) is 4.50. The van der Waals surface area contributed by atoms with Crippen molar-refractivity contribution in [2.75, 3.05) is 10.8 Å². The molecule has 4 atom stereocenters. The lowest BCUT2D eigenvalue weighted by Gasteiger charge is -2.33. The van der Waals surface area contributed by atoms with E-state index in [1.165, 1.54) is 12.1 Å². The zero-order valence-electron chi connectivity index (χ0n) is 13.1. The Labute approximate surface area is 143 Å². The van der Waals surface area contributed by atoms with Crippen molar-refractivity contribution in [3.8, 4) is 6.07 Å². The summed E-state index contributed by atoms with van der Waals surface area (Å²) in [6.45, 7) is 0.100. The number of sulfonamides is 1. The highest BCUT2D eigenvalue weighted by Gasteiger charge is 2.68. The molecule has 2 aliphatic carbocycles. The number of nitrogens with two attached hydrogens (primary N) is 1. The van der Waals surface area contributed by atoms with Crippen LogP contribution in [0, 0.1) is 29.1 Å². The topological polar surface area (TPSA) is 87.2 Å². The summed E-state index contributed by atoms with van der Waals surface area (Å²) in [6.07, 6.45) is -2.31. The lowest BCUT2D eigenvalue weighted by molar-refractivity contribution is -0.137. The molecule has 3 aliphatic rings. The van der Waals surface area contributed by atoms with E-state index in [9.17, 15) is 21.6 Å². The van der Waals surface area contributed by atoms with Gasteiger partial charge in [-0.05, 0) is 49.3 Å².